The molecule has 11 heteroatoms. The lowest BCUT2D eigenvalue weighted by Gasteiger charge is -2.26. The highest BCUT2D eigenvalue weighted by Gasteiger charge is 2.25. The number of carbonyl (C=O) groups is 3. The Bertz CT molecular complexity index is 782. The summed E-state index contributed by atoms with van der Waals surface area (Å²) >= 11 is 0. The van der Waals surface area contributed by atoms with Gasteiger partial charge in [0, 0.05) is 5.69 Å². The zero-order valence-electron chi connectivity index (χ0n) is 14.6. The topological polar surface area (TPSA) is 156 Å². The molecule has 0 saturated carbocycles. The molecule has 1 aromatic rings. The summed E-state index contributed by atoms with van der Waals surface area (Å²) in [6.45, 7) is 3.55. The van der Waals surface area contributed by atoms with Gasteiger partial charge in [0.25, 0.3) is 0 Å². The van der Waals surface area contributed by atoms with Gasteiger partial charge < -0.3 is 15.2 Å². The smallest absolute Gasteiger partial charge is 0.411 e. The van der Waals surface area contributed by atoms with Crippen LogP contribution >= 0.6 is 0 Å². The maximum absolute atomic E-state index is 12.1. The molecule has 0 aliphatic carbocycles. The molecule has 1 rings (SSSR count). The maximum atomic E-state index is 12.1. The van der Waals surface area contributed by atoms with E-state index in [-0.39, 0.29) is 10.6 Å². The number of anilines is 1. The SMILES string of the molecule is CC(C)(C)OC(=O)N(CC(=O)O)CC(=O)Nc1ccc(S(N)(=O)=O)cc1. The van der Waals surface area contributed by atoms with Crippen molar-refractivity contribution in [1.29, 1.82) is 0 Å². The number of hydrogen-bond acceptors (Lipinski definition) is 6. The monoisotopic (exact) mass is 387 g/mol. The quantitative estimate of drug-likeness (QED) is 0.645. The van der Waals surface area contributed by atoms with Crippen molar-refractivity contribution in [3.8, 4) is 0 Å². The van der Waals surface area contributed by atoms with Crippen molar-refractivity contribution in [2.75, 3.05) is 18.4 Å². The molecule has 0 saturated heterocycles. The summed E-state index contributed by atoms with van der Waals surface area (Å²) in [7, 11) is -3.86. The standard InChI is InChI=1S/C15H21N3O7S/c1-15(2,3)25-14(22)18(9-13(20)21)8-12(19)17-10-4-6-11(7-5-10)26(16,23)24/h4-7H,8-9H2,1-3H3,(H,17,19)(H,20,21)(H2,16,23,24). The average Bonchev–Trinajstić information content (AvgIpc) is 2.43. The Morgan fingerprint density at radius 3 is 2.12 bits per heavy atom. The molecule has 2 amide bonds. The summed E-state index contributed by atoms with van der Waals surface area (Å²) < 4.78 is 27.4. The van der Waals surface area contributed by atoms with E-state index in [1.54, 1.807) is 20.8 Å². The third kappa shape index (κ3) is 7.49. The fourth-order valence-electron chi connectivity index (χ4n) is 1.78. The number of nitrogens with one attached hydrogen (secondary N) is 1. The van der Waals surface area contributed by atoms with E-state index in [0.29, 0.717) is 0 Å². The lowest BCUT2D eigenvalue weighted by atomic mass is 10.2. The van der Waals surface area contributed by atoms with Gasteiger partial charge in [-0.05, 0) is 45.0 Å². The first-order valence-corrected chi connectivity index (χ1v) is 8.95. The molecule has 1 aromatic carbocycles. The van der Waals surface area contributed by atoms with E-state index in [0.717, 1.165) is 4.90 Å². The Morgan fingerprint density at radius 1 is 1.15 bits per heavy atom. The highest BCUT2D eigenvalue weighted by molar-refractivity contribution is 7.89. The fourth-order valence-corrected chi connectivity index (χ4v) is 2.29. The molecular weight excluding hydrogens is 366 g/mol. The third-order valence-electron chi connectivity index (χ3n) is 2.78. The molecule has 0 atom stereocenters. The van der Waals surface area contributed by atoms with Crippen molar-refractivity contribution in [2.45, 2.75) is 31.3 Å². The fraction of sp³-hybridized carbons (Fsp3) is 0.400. The molecule has 10 nitrogen and oxygen atoms in total. The summed E-state index contributed by atoms with van der Waals surface area (Å²) in [6.07, 6.45) is -0.945. The Hall–Kier alpha value is -2.66. The lowest BCUT2D eigenvalue weighted by molar-refractivity contribution is -0.138. The Balaban J connectivity index is 2.80. The molecule has 0 aliphatic rings. The number of nitrogens with two attached hydrogens (primary N) is 1. The molecular formula is C15H21N3O7S. The number of benzene rings is 1. The van der Waals surface area contributed by atoms with Gasteiger partial charge in [-0.15, -0.1) is 0 Å². The first-order valence-electron chi connectivity index (χ1n) is 7.40. The predicted octanol–water partition coefficient (Wildman–Crippen LogP) is 0.594. The van der Waals surface area contributed by atoms with Gasteiger partial charge in [-0.25, -0.2) is 18.4 Å². The number of carbonyl (C=O) groups excluding carboxylic acids is 2. The van der Waals surface area contributed by atoms with E-state index in [1.807, 2.05) is 0 Å². The summed E-state index contributed by atoms with van der Waals surface area (Å²) in [5.41, 5.74) is -0.602. The van der Waals surface area contributed by atoms with Crippen molar-refractivity contribution in [1.82, 2.24) is 4.90 Å². The van der Waals surface area contributed by atoms with Gasteiger partial charge in [-0.1, -0.05) is 0 Å². The molecule has 0 fully saturated rings. The van der Waals surface area contributed by atoms with Gasteiger partial charge in [0.1, 0.15) is 18.7 Å². The van der Waals surface area contributed by atoms with Gasteiger partial charge in [0.05, 0.1) is 4.90 Å². The van der Waals surface area contributed by atoms with E-state index in [2.05, 4.69) is 5.32 Å². The van der Waals surface area contributed by atoms with Crippen molar-refractivity contribution >= 4 is 33.7 Å². The molecule has 0 aromatic heterocycles. The Morgan fingerprint density at radius 2 is 1.69 bits per heavy atom. The summed E-state index contributed by atoms with van der Waals surface area (Å²) in [4.78, 5) is 35.6. The molecule has 26 heavy (non-hydrogen) atoms. The van der Waals surface area contributed by atoms with Crippen LogP contribution in [-0.2, 0) is 24.3 Å². The van der Waals surface area contributed by atoms with E-state index >= 15 is 0 Å². The van der Waals surface area contributed by atoms with Crippen LogP contribution in [-0.4, -0.2) is 55.1 Å². The number of carboxylic acid groups (broad SMARTS) is 1. The average molecular weight is 387 g/mol. The van der Waals surface area contributed by atoms with Crippen LogP contribution in [0.25, 0.3) is 0 Å². The molecule has 0 unspecified atom stereocenters. The lowest BCUT2D eigenvalue weighted by Crippen LogP contribution is -2.43. The van der Waals surface area contributed by atoms with Crippen LogP contribution in [0, 0.1) is 0 Å². The van der Waals surface area contributed by atoms with Crippen molar-refractivity contribution in [2.24, 2.45) is 5.14 Å². The third-order valence-corrected chi connectivity index (χ3v) is 3.71. The van der Waals surface area contributed by atoms with Crippen molar-refractivity contribution < 1.29 is 32.6 Å². The summed E-state index contributed by atoms with van der Waals surface area (Å²) in [5.74, 6) is -1.98. The number of amides is 2. The number of hydrogen-bond donors (Lipinski definition) is 3. The summed E-state index contributed by atoms with van der Waals surface area (Å²) in [6, 6.07) is 5.03. The molecule has 0 aliphatic heterocycles. The maximum Gasteiger partial charge on any atom is 0.411 e. The van der Waals surface area contributed by atoms with Crippen molar-refractivity contribution in [3.63, 3.8) is 0 Å². The zero-order valence-corrected chi connectivity index (χ0v) is 15.4. The van der Waals surface area contributed by atoms with Gasteiger partial charge in [0.2, 0.25) is 15.9 Å². The molecule has 0 heterocycles. The van der Waals surface area contributed by atoms with Gasteiger partial charge in [-0.3, -0.25) is 14.5 Å². The molecule has 144 valence electrons. The molecule has 0 radical (unpaired) electrons. The van der Waals surface area contributed by atoms with E-state index < -0.39 is 46.7 Å². The van der Waals surface area contributed by atoms with Crippen LogP contribution in [0.3, 0.4) is 0 Å². The minimum Gasteiger partial charge on any atom is -0.480 e. The number of rotatable bonds is 6. The van der Waals surface area contributed by atoms with Gasteiger partial charge in [-0.2, -0.15) is 0 Å². The second-order valence-electron chi connectivity index (χ2n) is 6.35. The summed E-state index contributed by atoms with van der Waals surface area (Å²) in [5, 5.41) is 16.3. The Kier molecular flexibility index (Phi) is 6.70. The highest BCUT2D eigenvalue weighted by Crippen LogP contribution is 2.13. The van der Waals surface area contributed by atoms with Crippen LogP contribution in [0.5, 0.6) is 0 Å². The molecule has 0 bridgehead atoms. The number of sulfonamides is 1. The van der Waals surface area contributed by atoms with Gasteiger partial charge >= 0.3 is 12.1 Å². The number of primary sulfonamides is 1. The second-order valence-corrected chi connectivity index (χ2v) is 7.91. The van der Waals surface area contributed by atoms with Gasteiger partial charge in [0.15, 0.2) is 0 Å². The molecule has 4 N–H and O–H groups in total. The minimum atomic E-state index is -3.86. The number of carboxylic acids is 1. The van der Waals surface area contributed by atoms with E-state index in [1.165, 1.54) is 24.3 Å². The second kappa shape index (κ2) is 8.15. The van der Waals surface area contributed by atoms with Crippen molar-refractivity contribution in [3.05, 3.63) is 24.3 Å². The van der Waals surface area contributed by atoms with Crippen LogP contribution < -0.4 is 10.5 Å². The zero-order chi connectivity index (χ0) is 20.1. The number of aliphatic carboxylic acids is 1. The van der Waals surface area contributed by atoms with Crippen LogP contribution in [0.15, 0.2) is 29.2 Å². The first kappa shape index (κ1) is 21.4. The molecule has 0 spiro atoms. The first-order chi connectivity index (χ1) is 11.8. The van der Waals surface area contributed by atoms with E-state index in [4.69, 9.17) is 15.0 Å². The predicted molar refractivity (Wildman–Crippen MR) is 91.9 cm³/mol. The van der Waals surface area contributed by atoms with Crippen LogP contribution in [0.2, 0.25) is 0 Å². The number of nitrogens with zero attached hydrogens (tertiary/aromatic N) is 1. The van der Waals surface area contributed by atoms with Crippen LogP contribution in [0.4, 0.5) is 10.5 Å². The number of ether oxygens (including phenoxy) is 1. The minimum absolute atomic E-state index is 0.128. The highest BCUT2D eigenvalue weighted by atomic mass is 32.2. The largest absolute Gasteiger partial charge is 0.480 e. The normalized spacial score (nSPS) is 11.5. The Labute approximate surface area is 151 Å². The van der Waals surface area contributed by atoms with Crippen LogP contribution in [0.1, 0.15) is 20.8 Å². The van der Waals surface area contributed by atoms with E-state index in [9.17, 15) is 22.8 Å².